The largest absolute Gasteiger partial charge is 0.496 e. The van der Waals surface area contributed by atoms with Gasteiger partial charge in [0.05, 0.1) is 7.11 Å². The number of aromatic nitrogens is 1. The zero-order valence-corrected chi connectivity index (χ0v) is 18.9. The smallest absolute Gasteiger partial charge is 0.246 e. The van der Waals surface area contributed by atoms with Crippen molar-refractivity contribution in [1.29, 1.82) is 0 Å². The fraction of sp³-hybridized carbons (Fsp3) is 0.214. The van der Waals surface area contributed by atoms with Crippen molar-refractivity contribution in [3.63, 3.8) is 0 Å². The van der Waals surface area contributed by atoms with Crippen molar-refractivity contribution in [2.24, 2.45) is 0 Å². The highest BCUT2D eigenvalue weighted by Gasteiger charge is 2.48. The van der Waals surface area contributed by atoms with Crippen LogP contribution in [0.25, 0.3) is 10.9 Å². The van der Waals surface area contributed by atoms with Crippen LogP contribution in [0, 0.1) is 0 Å². The van der Waals surface area contributed by atoms with Crippen LogP contribution in [0.3, 0.4) is 0 Å². The second kappa shape index (κ2) is 8.06. The molecule has 1 N–H and O–H groups in total. The minimum atomic E-state index is -0.563. The zero-order valence-electron chi connectivity index (χ0n) is 18.9. The Balaban J connectivity index is 1.49. The lowest BCUT2D eigenvalue weighted by Crippen LogP contribution is -2.62. The van der Waals surface area contributed by atoms with Crippen molar-refractivity contribution in [3.05, 3.63) is 101 Å². The van der Waals surface area contributed by atoms with Crippen LogP contribution in [-0.2, 0) is 22.6 Å². The zero-order chi connectivity index (χ0) is 23.2. The number of para-hydroxylation sites is 2. The Hall–Kier alpha value is -4.06. The van der Waals surface area contributed by atoms with E-state index in [4.69, 9.17) is 4.74 Å². The predicted molar refractivity (Wildman–Crippen MR) is 129 cm³/mol. The number of ether oxygens (including phenoxy) is 1. The lowest BCUT2D eigenvalue weighted by atomic mass is 9.86. The standard InChI is InChI=1S/C28H25N3O3/c1-34-24-14-8-6-12-20(24)27-26-21(19-11-5-7-13-22(19)29-26)15-23-28(33)30(17-25(32)31(23)27)16-18-9-3-2-4-10-18/h2-14,23,27,29H,15-17H2,1H3/t23-,27?/m0/s1. The number of benzene rings is 3. The summed E-state index contributed by atoms with van der Waals surface area (Å²) in [7, 11) is 1.63. The molecule has 34 heavy (non-hydrogen) atoms. The Labute approximate surface area is 197 Å². The van der Waals surface area contributed by atoms with E-state index in [0.29, 0.717) is 18.7 Å². The van der Waals surface area contributed by atoms with E-state index in [9.17, 15) is 9.59 Å². The van der Waals surface area contributed by atoms with E-state index in [0.717, 1.165) is 33.3 Å². The molecule has 2 amide bonds. The number of carbonyl (C=O) groups is 2. The Bertz CT molecular complexity index is 1390. The van der Waals surface area contributed by atoms with Crippen molar-refractivity contribution in [2.75, 3.05) is 13.7 Å². The molecule has 6 nitrogen and oxygen atoms in total. The molecule has 0 saturated carbocycles. The van der Waals surface area contributed by atoms with Crippen LogP contribution in [0.2, 0.25) is 0 Å². The molecule has 1 fully saturated rings. The van der Waals surface area contributed by atoms with Gasteiger partial charge < -0.3 is 19.5 Å². The number of nitrogens with zero attached hydrogens (tertiary/aromatic N) is 2. The molecule has 0 bridgehead atoms. The van der Waals surface area contributed by atoms with Gasteiger partial charge in [-0.25, -0.2) is 0 Å². The van der Waals surface area contributed by atoms with Gasteiger partial charge in [-0.2, -0.15) is 0 Å². The molecular weight excluding hydrogens is 426 g/mol. The Kier molecular flexibility index (Phi) is 4.87. The lowest BCUT2D eigenvalue weighted by Gasteiger charge is -2.47. The van der Waals surface area contributed by atoms with Gasteiger partial charge in [-0.05, 0) is 23.3 Å². The monoisotopic (exact) mass is 451 g/mol. The van der Waals surface area contributed by atoms with Crippen LogP contribution in [0.5, 0.6) is 5.75 Å². The second-order valence-corrected chi connectivity index (χ2v) is 8.91. The van der Waals surface area contributed by atoms with E-state index in [1.807, 2.05) is 72.8 Å². The summed E-state index contributed by atoms with van der Waals surface area (Å²) in [5, 5.41) is 1.09. The SMILES string of the molecule is COc1ccccc1C1c2[nH]c3ccccc3c2C[C@H]2C(=O)N(Cc3ccccc3)CC(=O)N12. The van der Waals surface area contributed by atoms with E-state index in [2.05, 4.69) is 11.1 Å². The number of nitrogens with one attached hydrogen (secondary N) is 1. The molecular formula is C28H25N3O3. The van der Waals surface area contributed by atoms with Gasteiger partial charge in [0, 0.05) is 35.1 Å². The maximum Gasteiger partial charge on any atom is 0.246 e. The van der Waals surface area contributed by atoms with Crippen molar-refractivity contribution in [2.45, 2.75) is 25.0 Å². The molecule has 0 spiro atoms. The second-order valence-electron chi connectivity index (χ2n) is 8.91. The number of methoxy groups -OCH3 is 1. The van der Waals surface area contributed by atoms with Crippen LogP contribution < -0.4 is 4.74 Å². The molecule has 0 radical (unpaired) electrons. The summed E-state index contributed by atoms with van der Waals surface area (Å²) in [4.78, 5) is 34.5. The van der Waals surface area contributed by atoms with Crippen molar-refractivity contribution < 1.29 is 14.3 Å². The van der Waals surface area contributed by atoms with Gasteiger partial charge in [-0.3, -0.25) is 9.59 Å². The molecule has 0 aliphatic carbocycles. The first-order chi connectivity index (χ1) is 16.7. The van der Waals surface area contributed by atoms with Gasteiger partial charge >= 0.3 is 0 Å². The number of aromatic amines is 1. The van der Waals surface area contributed by atoms with Crippen LogP contribution in [-0.4, -0.2) is 46.3 Å². The summed E-state index contributed by atoms with van der Waals surface area (Å²) in [6.45, 7) is 0.487. The quantitative estimate of drug-likeness (QED) is 0.509. The first-order valence-electron chi connectivity index (χ1n) is 11.5. The average molecular weight is 452 g/mol. The summed E-state index contributed by atoms with van der Waals surface area (Å²) in [6, 6.07) is 24.7. The fourth-order valence-corrected chi connectivity index (χ4v) is 5.48. The summed E-state index contributed by atoms with van der Waals surface area (Å²) in [5.74, 6) is 0.629. The molecule has 3 aromatic carbocycles. The van der Waals surface area contributed by atoms with Crippen LogP contribution in [0.15, 0.2) is 78.9 Å². The van der Waals surface area contributed by atoms with Crippen LogP contribution in [0.4, 0.5) is 0 Å². The molecule has 170 valence electrons. The average Bonchev–Trinajstić information content (AvgIpc) is 3.25. The van der Waals surface area contributed by atoms with Gasteiger partial charge in [-0.15, -0.1) is 0 Å². The molecule has 4 aromatic rings. The van der Waals surface area contributed by atoms with Gasteiger partial charge in [0.2, 0.25) is 11.8 Å². The molecule has 2 atom stereocenters. The predicted octanol–water partition coefficient (Wildman–Crippen LogP) is 4.06. The number of rotatable bonds is 4. The first-order valence-corrected chi connectivity index (χ1v) is 11.5. The summed E-state index contributed by atoms with van der Waals surface area (Å²) >= 11 is 0. The number of hydrogen-bond acceptors (Lipinski definition) is 3. The Morgan fingerprint density at radius 1 is 0.941 bits per heavy atom. The van der Waals surface area contributed by atoms with Gasteiger partial charge in [0.25, 0.3) is 0 Å². The highest BCUT2D eigenvalue weighted by molar-refractivity contribution is 5.97. The number of piperazine rings is 1. The van der Waals surface area contributed by atoms with E-state index in [1.165, 1.54) is 0 Å². The van der Waals surface area contributed by atoms with Gasteiger partial charge in [0.1, 0.15) is 24.4 Å². The van der Waals surface area contributed by atoms with Crippen LogP contribution in [0.1, 0.15) is 28.4 Å². The van der Waals surface area contributed by atoms with E-state index < -0.39 is 12.1 Å². The van der Waals surface area contributed by atoms with Crippen molar-refractivity contribution in [1.82, 2.24) is 14.8 Å². The minimum Gasteiger partial charge on any atom is -0.496 e. The van der Waals surface area contributed by atoms with E-state index in [1.54, 1.807) is 16.9 Å². The highest BCUT2D eigenvalue weighted by atomic mass is 16.5. The molecule has 1 unspecified atom stereocenters. The maximum absolute atomic E-state index is 13.8. The topological polar surface area (TPSA) is 65.6 Å². The summed E-state index contributed by atoms with van der Waals surface area (Å²) < 4.78 is 5.68. The lowest BCUT2D eigenvalue weighted by molar-refractivity contribution is -0.159. The third-order valence-electron chi connectivity index (χ3n) is 6.99. The number of fused-ring (bicyclic) bond motifs is 4. The van der Waals surface area contributed by atoms with Gasteiger partial charge in [-0.1, -0.05) is 66.7 Å². The number of hydrogen-bond donors (Lipinski definition) is 1. The third kappa shape index (κ3) is 3.17. The summed E-state index contributed by atoms with van der Waals surface area (Å²) in [5.41, 5.74) is 4.95. The van der Waals surface area contributed by atoms with Crippen molar-refractivity contribution in [3.8, 4) is 5.75 Å². The number of H-pyrrole nitrogens is 1. The van der Waals surface area contributed by atoms with Crippen molar-refractivity contribution >= 4 is 22.7 Å². The molecule has 1 saturated heterocycles. The maximum atomic E-state index is 13.8. The van der Waals surface area contributed by atoms with Crippen LogP contribution >= 0.6 is 0 Å². The molecule has 6 heteroatoms. The Morgan fingerprint density at radius 2 is 1.68 bits per heavy atom. The number of amides is 2. The molecule has 6 rings (SSSR count). The first kappa shape index (κ1) is 20.5. The normalized spacial score (nSPS) is 19.8. The minimum absolute atomic E-state index is 0.0146. The van der Waals surface area contributed by atoms with E-state index in [-0.39, 0.29) is 18.4 Å². The highest BCUT2D eigenvalue weighted by Crippen LogP contribution is 2.44. The molecule has 1 aromatic heterocycles. The summed E-state index contributed by atoms with van der Waals surface area (Å²) in [6.07, 6.45) is 0.487. The van der Waals surface area contributed by atoms with E-state index >= 15 is 0 Å². The Morgan fingerprint density at radius 3 is 2.50 bits per heavy atom. The number of carbonyl (C=O) groups excluding carboxylic acids is 2. The third-order valence-corrected chi connectivity index (χ3v) is 6.99. The fourth-order valence-electron chi connectivity index (χ4n) is 5.48. The molecule has 2 aliphatic rings. The molecule has 3 heterocycles. The van der Waals surface area contributed by atoms with Gasteiger partial charge in [0.15, 0.2) is 0 Å². The molecule has 2 aliphatic heterocycles.